The SMILES string of the molecule is CCC[C@H](NC(=O)[C@H](CCSC)NC(=O)[C@H](NC(=O)[C@H](CCC(N)=O)NC(=O)CNC(C)=O)[C@@H](C)CC)C(=O)N[C@H](C(=O)N[C@@H](CCCN=C(N)N)C(=O)N1CCC[C@H]1C(=O)N[C@H](C)C(N)=O)[C@@H](C)CC. The summed E-state index contributed by atoms with van der Waals surface area (Å²) >= 11 is 1.40. The molecule has 1 saturated heterocycles. The van der Waals surface area contributed by atoms with Gasteiger partial charge in [-0.2, -0.15) is 11.8 Å². The second-order valence-electron chi connectivity index (χ2n) is 17.8. The summed E-state index contributed by atoms with van der Waals surface area (Å²) in [4.78, 5) is 150. The molecule has 0 aromatic heterocycles. The van der Waals surface area contributed by atoms with Crippen LogP contribution >= 0.6 is 11.8 Å². The first-order chi connectivity index (χ1) is 33.4. The number of carbonyl (C=O) groups is 11. The second-order valence-corrected chi connectivity index (χ2v) is 18.8. The number of thioether (sulfide) groups is 1. The van der Waals surface area contributed by atoms with E-state index in [-0.39, 0.29) is 57.6 Å². The molecule has 11 amide bonds. The summed E-state index contributed by atoms with van der Waals surface area (Å²) in [7, 11) is 0. The minimum absolute atomic E-state index is 0.0523. The fourth-order valence-corrected chi connectivity index (χ4v) is 7.89. The smallest absolute Gasteiger partial charge is 0.245 e. The van der Waals surface area contributed by atoms with Gasteiger partial charge in [-0.25, -0.2) is 0 Å². The van der Waals surface area contributed by atoms with Crippen molar-refractivity contribution in [3.8, 4) is 0 Å². The number of hydrogen-bond acceptors (Lipinski definition) is 13. The normalized spacial score (nSPS) is 16.9. The summed E-state index contributed by atoms with van der Waals surface area (Å²) < 4.78 is 0. The van der Waals surface area contributed by atoms with Crippen molar-refractivity contribution in [1.82, 2.24) is 47.4 Å². The van der Waals surface area contributed by atoms with Crippen molar-refractivity contribution in [2.24, 2.45) is 39.8 Å². The summed E-state index contributed by atoms with van der Waals surface area (Å²) in [6.07, 6.45) is 3.83. The highest BCUT2D eigenvalue weighted by Gasteiger charge is 2.40. The molecule has 25 nitrogen and oxygen atoms in total. The van der Waals surface area contributed by atoms with Gasteiger partial charge in [-0.05, 0) is 75.7 Å². The molecule has 1 heterocycles. The third-order valence-corrected chi connectivity index (χ3v) is 12.7. The largest absolute Gasteiger partial charge is 0.370 e. The van der Waals surface area contributed by atoms with Crippen LogP contribution in [0.2, 0.25) is 0 Å². The van der Waals surface area contributed by atoms with Crippen LogP contribution in [0, 0.1) is 11.8 Å². The van der Waals surface area contributed by atoms with Crippen LogP contribution in [0.4, 0.5) is 0 Å². The Morgan fingerprint density at radius 2 is 1.18 bits per heavy atom. The molecule has 402 valence electrons. The zero-order chi connectivity index (χ0) is 54.0. The summed E-state index contributed by atoms with van der Waals surface area (Å²) in [6, 6.07) is -9.27. The Balaban J connectivity index is 3.43. The van der Waals surface area contributed by atoms with Crippen LogP contribution in [-0.2, 0) is 52.7 Å². The maximum atomic E-state index is 14.3. The number of guanidine groups is 1. The molecule has 10 atom stereocenters. The Morgan fingerprint density at radius 1 is 0.662 bits per heavy atom. The highest BCUT2D eigenvalue weighted by atomic mass is 32.2. The van der Waals surface area contributed by atoms with Crippen LogP contribution < -0.4 is 65.5 Å². The van der Waals surface area contributed by atoms with Crippen molar-refractivity contribution in [2.45, 2.75) is 167 Å². The topological polar surface area (TPSA) is 404 Å². The van der Waals surface area contributed by atoms with Gasteiger partial charge in [0.2, 0.25) is 65.0 Å². The van der Waals surface area contributed by atoms with E-state index < -0.39 is 132 Å². The Labute approximate surface area is 420 Å². The standard InChI is InChI=1S/C45H80N14O11S/c1-9-14-28(54-38(64)30(19-22-71-8)55-42(68)35(24(4)10-2)58-40(66)29(17-18-33(46)61)53-34(62)23-51-27(7)60)39(65)57-36(25(5)11-3)43(69)56-31(15-12-20-50-45(48)49)44(70)59-21-13-16-32(59)41(67)52-26(6)37(47)63/h24-26,28-32,35-36H,9-23H2,1-8H3,(H2,46,61)(H2,47,63)(H,51,60)(H,52,67)(H,53,62)(H,54,64)(H,55,68)(H,56,69)(H,57,65)(H,58,66)(H4,48,49,50)/t24-,25-,26+,28-,29-,30-,31-,32-,35+,36-/m0/s1. The molecule has 1 fully saturated rings. The number of carbonyl (C=O) groups excluding carboxylic acids is 11. The molecule has 0 radical (unpaired) electrons. The number of nitrogens with one attached hydrogen (secondary N) is 8. The van der Waals surface area contributed by atoms with Gasteiger partial charge in [-0.3, -0.25) is 57.7 Å². The van der Waals surface area contributed by atoms with Gasteiger partial charge in [0.05, 0.1) is 6.54 Å². The molecule has 0 aromatic carbocycles. The van der Waals surface area contributed by atoms with Gasteiger partial charge in [0.25, 0.3) is 0 Å². The van der Waals surface area contributed by atoms with Crippen molar-refractivity contribution >= 4 is 82.7 Å². The van der Waals surface area contributed by atoms with Gasteiger partial charge in [0.15, 0.2) is 5.96 Å². The number of aliphatic imine (C=N–C) groups is 1. The van der Waals surface area contributed by atoms with Gasteiger partial charge in [0.1, 0.15) is 48.3 Å². The first-order valence-electron chi connectivity index (χ1n) is 24.2. The number of rotatable bonds is 33. The molecule has 16 N–H and O–H groups in total. The first-order valence-corrected chi connectivity index (χ1v) is 25.6. The lowest BCUT2D eigenvalue weighted by molar-refractivity contribution is -0.142. The van der Waals surface area contributed by atoms with Crippen LogP contribution in [0.1, 0.15) is 119 Å². The van der Waals surface area contributed by atoms with Crippen molar-refractivity contribution in [3.63, 3.8) is 0 Å². The van der Waals surface area contributed by atoms with Crippen LogP contribution in [-0.4, -0.2) is 156 Å². The molecule has 0 unspecified atom stereocenters. The summed E-state index contributed by atoms with van der Waals surface area (Å²) in [5.74, 6) is -8.31. The van der Waals surface area contributed by atoms with E-state index in [1.54, 1.807) is 40.9 Å². The predicted molar refractivity (Wildman–Crippen MR) is 267 cm³/mol. The third kappa shape index (κ3) is 22.6. The highest BCUT2D eigenvalue weighted by molar-refractivity contribution is 7.98. The van der Waals surface area contributed by atoms with Crippen LogP contribution in [0.5, 0.6) is 0 Å². The van der Waals surface area contributed by atoms with Crippen molar-refractivity contribution in [1.29, 1.82) is 0 Å². The van der Waals surface area contributed by atoms with Gasteiger partial charge in [-0.1, -0.05) is 53.9 Å². The molecule has 1 rings (SSSR count). The van der Waals surface area contributed by atoms with Gasteiger partial charge < -0.3 is 70.4 Å². The summed E-state index contributed by atoms with van der Waals surface area (Å²) in [5.41, 5.74) is 21.7. The van der Waals surface area contributed by atoms with E-state index in [0.717, 1.165) is 0 Å². The fraction of sp³-hybridized carbons (Fsp3) is 0.733. The lowest BCUT2D eigenvalue weighted by atomic mass is 9.96. The molecule has 0 saturated carbocycles. The average molecular weight is 1030 g/mol. The second kappa shape index (κ2) is 32.6. The Morgan fingerprint density at radius 3 is 1.68 bits per heavy atom. The molecule has 1 aliphatic rings. The number of nitrogens with zero attached hydrogens (tertiary/aromatic N) is 2. The lowest BCUT2D eigenvalue weighted by Gasteiger charge is -2.32. The fourth-order valence-electron chi connectivity index (χ4n) is 7.42. The average Bonchev–Trinajstić information content (AvgIpc) is 3.82. The number of amides is 11. The van der Waals surface area contributed by atoms with E-state index in [1.165, 1.54) is 30.5 Å². The zero-order valence-corrected chi connectivity index (χ0v) is 43.3. The molecule has 26 heteroatoms. The Kier molecular flexibility index (Phi) is 28.9. The molecule has 1 aliphatic heterocycles. The van der Waals surface area contributed by atoms with Crippen LogP contribution in [0.3, 0.4) is 0 Å². The van der Waals surface area contributed by atoms with Crippen molar-refractivity contribution in [3.05, 3.63) is 0 Å². The Bertz CT molecular complexity index is 1890. The maximum Gasteiger partial charge on any atom is 0.245 e. The minimum Gasteiger partial charge on any atom is -0.370 e. The lowest BCUT2D eigenvalue weighted by Crippen LogP contribution is -2.61. The van der Waals surface area contributed by atoms with Gasteiger partial charge in [0, 0.05) is 26.4 Å². The van der Waals surface area contributed by atoms with E-state index in [4.69, 9.17) is 22.9 Å². The molecule has 0 aromatic rings. The van der Waals surface area contributed by atoms with Gasteiger partial charge >= 0.3 is 0 Å². The van der Waals surface area contributed by atoms with Crippen molar-refractivity contribution in [2.75, 3.05) is 31.6 Å². The maximum absolute atomic E-state index is 14.3. The number of hydrogen-bond donors (Lipinski definition) is 12. The molecule has 71 heavy (non-hydrogen) atoms. The van der Waals surface area contributed by atoms with E-state index in [9.17, 15) is 52.7 Å². The van der Waals surface area contributed by atoms with E-state index >= 15 is 0 Å². The summed E-state index contributed by atoms with van der Waals surface area (Å²) in [5, 5.41) is 21.0. The van der Waals surface area contributed by atoms with Crippen molar-refractivity contribution < 1.29 is 52.7 Å². The number of primary amides is 2. The number of nitrogens with two attached hydrogens (primary N) is 4. The van der Waals surface area contributed by atoms with E-state index in [2.05, 4.69) is 47.5 Å². The first kappa shape index (κ1) is 62.8. The third-order valence-electron chi connectivity index (χ3n) is 12.1. The van der Waals surface area contributed by atoms with Gasteiger partial charge in [-0.15, -0.1) is 0 Å². The number of likely N-dealkylation sites (tertiary alicyclic amines) is 1. The van der Waals surface area contributed by atoms with E-state index in [0.29, 0.717) is 37.9 Å². The van der Waals surface area contributed by atoms with Crippen LogP contribution in [0.15, 0.2) is 4.99 Å². The molecular formula is C45H80N14O11S. The molecular weight excluding hydrogens is 945 g/mol. The highest BCUT2D eigenvalue weighted by Crippen LogP contribution is 2.21. The minimum atomic E-state index is -1.31. The molecule has 0 bridgehead atoms. The molecule has 0 aliphatic carbocycles. The predicted octanol–water partition coefficient (Wildman–Crippen LogP) is -3.02. The monoisotopic (exact) mass is 1020 g/mol. The van der Waals surface area contributed by atoms with Crippen LogP contribution in [0.25, 0.3) is 0 Å². The zero-order valence-electron chi connectivity index (χ0n) is 42.5. The van der Waals surface area contributed by atoms with E-state index in [1.807, 2.05) is 0 Å². The molecule has 0 spiro atoms. The summed E-state index contributed by atoms with van der Waals surface area (Å²) in [6.45, 7) is 11.3. The Hall–Kier alpha value is -6.21. The quantitative estimate of drug-likeness (QED) is 0.0177.